The molecule has 0 saturated carbocycles. The predicted octanol–water partition coefficient (Wildman–Crippen LogP) is 1.79. The van der Waals surface area contributed by atoms with Gasteiger partial charge < -0.3 is 5.73 Å². The van der Waals surface area contributed by atoms with Gasteiger partial charge in [-0.3, -0.25) is 4.72 Å². The van der Waals surface area contributed by atoms with E-state index in [0.29, 0.717) is 15.8 Å². The van der Waals surface area contributed by atoms with Crippen LogP contribution in [0, 0.1) is 0 Å². The zero-order chi connectivity index (χ0) is 10.8. The van der Waals surface area contributed by atoms with Gasteiger partial charge in [-0.05, 0) is 41.1 Å². The van der Waals surface area contributed by atoms with E-state index >= 15 is 0 Å². The highest BCUT2D eigenvalue weighted by atomic mass is 79.9. The molecule has 0 heterocycles. The fourth-order valence-electron chi connectivity index (χ4n) is 0.842. The molecular formula is C8H11BrN2O2S. The first-order chi connectivity index (χ1) is 6.44. The Morgan fingerprint density at radius 2 is 2.14 bits per heavy atom. The Morgan fingerprint density at radius 1 is 1.50 bits per heavy atom. The first kappa shape index (κ1) is 11.3. The molecule has 0 atom stereocenters. The highest BCUT2D eigenvalue weighted by molar-refractivity contribution is 9.10. The fraction of sp³-hybridized carbons (Fsp3) is 0.250. The van der Waals surface area contributed by atoms with Crippen LogP contribution in [0.4, 0.5) is 11.4 Å². The minimum Gasteiger partial charge on any atom is -0.398 e. The second kappa shape index (κ2) is 4.18. The van der Waals surface area contributed by atoms with Gasteiger partial charge in [0, 0.05) is 15.8 Å². The predicted molar refractivity (Wildman–Crippen MR) is 61.6 cm³/mol. The van der Waals surface area contributed by atoms with Crippen molar-refractivity contribution in [2.75, 3.05) is 16.2 Å². The van der Waals surface area contributed by atoms with E-state index in [1.165, 1.54) is 0 Å². The third-order valence-corrected chi connectivity index (χ3v) is 3.65. The normalized spacial score (nSPS) is 11.3. The van der Waals surface area contributed by atoms with E-state index in [1.807, 2.05) is 0 Å². The van der Waals surface area contributed by atoms with Crippen molar-refractivity contribution >= 4 is 37.3 Å². The van der Waals surface area contributed by atoms with Crippen molar-refractivity contribution in [3.63, 3.8) is 0 Å². The summed E-state index contributed by atoms with van der Waals surface area (Å²) in [7, 11) is -3.21. The monoisotopic (exact) mass is 278 g/mol. The number of rotatable bonds is 3. The van der Waals surface area contributed by atoms with Crippen molar-refractivity contribution in [3.05, 3.63) is 22.7 Å². The summed E-state index contributed by atoms with van der Waals surface area (Å²) >= 11 is 3.22. The lowest BCUT2D eigenvalue weighted by Gasteiger charge is -2.06. The average Bonchev–Trinajstić information content (AvgIpc) is 2.11. The molecule has 1 rings (SSSR count). The third-order valence-electron chi connectivity index (χ3n) is 1.65. The van der Waals surface area contributed by atoms with Crippen LogP contribution < -0.4 is 10.5 Å². The number of nitrogen functional groups attached to an aromatic ring is 1. The highest BCUT2D eigenvalue weighted by Gasteiger charge is 2.07. The van der Waals surface area contributed by atoms with E-state index in [2.05, 4.69) is 20.7 Å². The molecule has 0 aliphatic carbocycles. The van der Waals surface area contributed by atoms with Gasteiger partial charge in [0.1, 0.15) is 0 Å². The molecule has 6 heteroatoms. The molecule has 0 aliphatic rings. The summed E-state index contributed by atoms with van der Waals surface area (Å²) in [5.41, 5.74) is 6.64. The third kappa shape index (κ3) is 2.88. The summed E-state index contributed by atoms with van der Waals surface area (Å²) < 4.78 is 25.5. The number of nitrogens with one attached hydrogen (secondary N) is 1. The number of anilines is 2. The maximum Gasteiger partial charge on any atom is 0.232 e. The van der Waals surface area contributed by atoms with Crippen molar-refractivity contribution in [2.24, 2.45) is 0 Å². The topological polar surface area (TPSA) is 72.2 Å². The Kier molecular flexibility index (Phi) is 3.38. The van der Waals surface area contributed by atoms with Gasteiger partial charge in [-0.15, -0.1) is 0 Å². The molecule has 0 saturated heterocycles. The fourth-order valence-corrected chi connectivity index (χ4v) is 1.85. The number of nitrogens with two attached hydrogens (primary N) is 1. The summed E-state index contributed by atoms with van der Waals surface area (Å²) in [5.74, 6) is 0.0506. The van der Waals surface area contributed by atoms with Gasteiger partial charge in [-0.2, -0.15) is 0 Å². The maximum absolute atomic E-state index is 11.2. The molecule has 0 amide bonds. The summed E-state index contributed by atoms with van der Waals surface area (Å²) in [6, 6.07) is 4.88. The lowest BCUT2D eigenvalue weighted by molar-refractivity contribution is 0.602. The van der Waals surface area contributed by atoms with Crippen LogP contribution in [-0.2, 0) is 10.0 Å². The average molecular weight is 279 g/mol. The zero-order valence-electron chi connectivity index (χ0n) is 7.62. The van der Waals surface area contributed by atoms with Gasteiger partial charge in [0.25, 0.3) is 0 Å². The van der Waals surface area contributed by atoms with Crippen LogP contribution in [0.5, 0.6) is 0 Å². The van der Waals surface area contributed by atoms with Crippen LogP contribution in [0.2, 0.25) is 0 Å². The van der Waals surface area contributed by atoms with Crippen molar-refractivity contribution in [2.45, 2.75) is 6.92 Å². The van der Waals surface area contributed by atoms with Gasteiger partial charge in [0.05, 0.1) is 5.75 Å². The number of hydrogen-bond acceptors (Lipinski definition) is 3. The van der Waals surface area contributed by atoms with Crippen molar-refractivity contribution in [3.8, 4) is 0 Å². The maximum atomic E-state index is 11.2. The molecule has 1 aromatic carbocycles. The van der Waals surface area contributed by atoms with E-state index < -0.39 is 10.0 Å². The molecule has 0 radical (unpaired) electrons. The number of hydrogen-bond donors (Lipinski definition) is 2. The van der Waals surface area contributed by atoms with E-state index in [0.717, 1.165) is 0 Å². The zero-order valence-corrected chi connectivity index (χ0v) is 10.0. The smallest absolute Gasteiger partial charge is 0.232 e. The number of halogens is 1. The van der Waals surface area contributed by atoms with Crippen molar-refractivity contribution in [1.82, 2.24) is 0 Å². The van der Waals surface area contributed by atoms with Crippen LogP contribution >= 0.6 is 15.9 Å². The summed E-state index contributed by atoms with van der Waals surface area (Å²) in [6.45, 7) is 1.58. The van der Waals surface area contributed by atoms with Crippen LogP contribution in [0.25, 0.3) is 0 Å². The van der Waals surface area contributed by atoms with Crippen LogP contribution in [-0.4, -0.2) is 14.2 Å². The van der Waals surface area contributed by atoms with Gasteiger partial charge in [0.2, 0.25) is 10.0 Å². The quantitative estimate of drug-likeness (QED) is 0.828. The van der Waals surface area contributed by atoms with Crippen LogP contribution in [0.1, 0.15) is 6.92 Å². The van der Waals surface area contributed by atoms with Crippen LogP contribution in [0.15, 0.2) is 22.7 Å². The molecule has 0 bridgehead atoms. The van der Waals surface area contributed by atoms with Crippen LogP contribution in [0.3, 0.4) is 0 Å². The molecule has 0 aliphatic heterocycles. The molecule has 3 N–H and O–H groups in total. The Labute approximate surface area is 91.7 Å². The summed E-state index contributed by atoms with van der Waals surface area (Å²) in [6.07, 6.45) is 0. The van der Waals surface area contributed by atoms with E-state index in [1.54, 1.807) is 25.1 Å². The molecule has 78 valence electrons. The molecule has 0 aromatic heterocycles. The van der Waals surface area contributed by atoms with E-state index in [-0.39, 0.29) is 5.75 Å². The van der Waals surface area contributed by atoms with Crippen molar-refractivity contribution in [1.29, 1.82) is 0 Å². The SMILES string of the molecule is CCS(=O)(=O)Nc1ccc(N)c(Br)c1. The lowest BCUT2D eigenvalue weighted by Crippen LogP contribution is -2.14. The lowest BCUT2D eigenvalue weighted by atomic mass is 10.3. The number of sulfonamides is 1. The molecule has 1 aromatic rings. The first-order valence-corrected chi connectivity index (χ1v) is 6.44. The van der Waals surface area contributed by atoms with Gasteiger partial charge in [-0.25, -0.2) is 8.42 Å². The second-order valence-corrected chi connectivity index (χ2v) is 5.61. The highest BCUT2D eigenvalue weighted by Crippen LogP contribution is 2.23. The summed E-state index contributed by atoms with van der Waals surface area (Å²) in [5, 5.41) is 0. The second-order valence-electron chi connectivity index (χ2n) is 2.74. The minimum absolute atomic E-state index is 0.0506. The van der Waals surface area contributed by atoms with Gasteiger partial charge >= 0.3 is 0 Å². The Bertz CT molecular complexity index is 431. The first-order valence-electron chi connectivity index (χ1n) is 4.00. The van der Waals surface area contributed by atoms with Gasteiger partial charge in [-0.1, -0.05) is 0 Å². The molecule has 0 unspecified atom stereocenters. The van der Waals surface area contributed by atoms with E-state index in [9.17, 15) is 8.42 Å². The Balaban J connectivity index is 2.94. The Morgan fingerprint density at radius 3 is 2.64 bits per heavy atom. The molecule has 0 spiro atoms. The minimum atomic E-state index is -3.21. The summed E-state index contributed by atoms with van der Waals surface area (Å²) in [4.78, 5) is 0. The van der Waals surface area contributed by atoms with Crippen molar-refractivity contribution < 1.29 is 8.42 Å². The largest absolute Gasteiger partial charge is 0.398 e. The standard InChI is InChI=1S/C8H11BrN2O2S/c1-2-14(12,13)11-6-3-4-8(10)7(9)5-6/h3-5,11H,2,10H2,1H3. The van der Waals surface area contributed by atoms with E-state index in [4.69, 9.17) is 5.73 Å². The molecular weight excluding hydrogens is 268 g/mol. The molecule has 14 heavy (non-hydrogen) atoms. The molecule has 0 fully saturated rings. The molecule has 4 nitrogen and oxygen atoms in total. The number of benzene rings is 1. The Hall–Kier alpha value is -0.750. The van der Waals surface area contributed by atoms with Gasteiger partial charge in [0.15, 0.2) is 0 Å².